The zero-order chi connectivity index (χ0) is 24.4. The molecule has 0 saturated carbocycles. The van der Waals surface area contributed by atoms with Crippen molar-refractivity contribution in [1.29, 1.82) is 0 Å². The van der Waals surface area contributed by atoms with Crippen LogP contribution in [0.1, 0.15) is 5.69 Å². The first-order chi connectivity index (χ1) is 16.3. The molecule has 4 aromatic rings. The molecule has 34 heavy (non-hydrogen) atoms. The van der Waals surface area contributed by atoms with Crippen molar-refractivity contribution in [3.63, 3.8) is 0 Å². The van der Waals surface area contributed by atoms with E-state index in [1.54, 1.807) is 23.0 Å². The zero-order valence-corrected chi connectivity index (χ0v) is 20.4. The second-order valence-electron chi connectivity index (χ2n) is 6.67. The summed E-state index contributed by atoms with van der Waals surface area (Å²) >= 11 is 8.19. The van der Waals surface area contributed by atoms with Crippen molar-refractivity contribution in [2.24, 2.45) is 0 Å². The third-order valence-corrected chi connectivity index (χ3v) is 7.14. The maximum atomic E-state index is 12.4. The molecule has 14 heteroatoms. The lowest BCUT2D eigenvalue weighted by Crippen LogP contribution is -2.06. The summed E-state index contributed by atoms with van der Waals surface area (Å²) < 4.78 is 18.2. The lowest BCUT2D eigenvalue weighted by molar-refractivity contribution is -0.382. The van der Waals surface area contributed by atoms with Crippen molar-refractivity contribution < 1.29 is 19.1 Å². The number of rotatable bonds is 8. The van der Waals surface area contributed by atoms with E-state index in [0.717, 1.165) is 11.3 Å². The summed E-state index contributed by atoms with van der Waals surface area (Å²) in [6.07, 6.45) is 1.71. The Labute approximate surface area is 205 Å². The summed E-state index contributed by atoms with van der Waals surface area (Å²) in [5, 5.41) is 19.9. The average molecular weight is 522 g/mol. The lowest BCUT2D eigenvalue weighted by Gasteiger charge is -2.13. The van der Waals surface area contributed by atoms with E-state index in [0.29, 0.717) is 38.7 Å². The Morgan fingerprint density at radius 2 is 1.85 bits per heavy atom. The summed E-state index contributed by atoms with van der Waals surface area (Å²) in [7, 11) is 4.55. The van der Waals surface area contributed by atoms with E-state index in [4.69, 9.17) is 25.8 Å². The number of benzene rings is 2. The van der Waals surface area contributed by atoms with E-state index in [-0.39, 0.29) is 20.8 Å². The Morgan fingerprint density at radius 1 is 1.15 bits per heavy atom. The topological polar surface area (TPSA) is 132 Å². The molecule has 0 spiro atoms. The van der Waals surface area contributed by atoms with Gasteiger partial charge in [0, 0.05) is 29.0 Å². The van der Waals surface area contributed by atoms with Crippen LogP contribution in [0.3, 0.4) is 0 Å². The molecule has 11 nitrogen and oxygen atoms in total. The molecule has 0 N–H and O–H groups in total. The lowest BCUT2D eigenvalue weighted by atomic mass is 10.2. The number of nitro groups is 1. The fourth-order valence-corrected chi connectivity index (χ4v) is 5.35. The summed E-state index contributed by atoms with van der Waals surface area (Å²) in [5.74, 6) is 1.72. The normalized spacial score (nSPS) is 10.9. The van der Waals surface area contributed by atoms with Gasteiger partial charge in [0.15, 0.2) is 15.8 Å². The number of hydrogen-bond donors (Lipinski definition) is 0. The molecule has 2 heterocycles. The molecule has 0 aliphatic rings. The zero-order valence-electron chi connectivity index (χ0n) is 18.0. The number of hydrogen-bond acceptors (Lipinski definition) is 11. The Hall–Kier alpha value is -3.42. The van der Waals surface area contributed by atoms with Crippen molar-refractivity contribution in [3.8, 4) is 22.9 Å². The summed E-state index contributed by atoms with van der Waals surface area (Å²) in [6.45, 7) is 0. The predicted octanol–water partition coefficient (Wildman–Crippen LogP) is 4.12. The predicted molar refractivity (Wildman–Crippen MR) is 128 cm³/mol. The molecule has 2 aromatic heterocycles. The highest BCUT2D eigenvalue weighted by atomic mass is 35.5. The molecule has 0 amide bonds. The molecule has 0 aliphatic carbocycles. The molecule has 0 saturated heterocycles. The fraction of sp³-hybridized carbons (Fsp3) is 0.200. The first-order valence-electron chi connectivity index (χ1n) is 9.47. The Balaban J connectivity index is 1.60. The second-order valence-corrected chi connectivity index (χ2v) is 9.33. The standard InChI is InChI=1S/C20H16ClN5O6S2/c1-30-15-6-12(7-16(31-2)17(15)32-3)25-8-11(23-24-25)9-33-20-22-19(27)13-4-10(21)5-14(26(28)29)18(13)34-20/h4-8H,9H2,1-3H3. The molecule has 176 valence electrons. The highest BCUT2D eigenvalue weighted by Crippen LogP contribution is 2.39. The van der Waals surface area contributed by atoms with Crippen molar-refractivity contribution in [2.45, 2.75) is 10.1 Å². The smallest absolute Gasteiger partial charge is 0.288 e. The average Bonchev–Trinajstić information content (AvgIpc) is 3.30. The van der Waals surface area contributed by atoms with Gasteiger partial charge in [0.2, 0.25) is 5.75 Å². The molecule has 0 atom stereocenters. The number of aromatic nitrogens is 4. The van der Waals surface area contributed by atoms with E-state index >= 15 is 0 Å². The molecular formula is C20H16ClN5O6S2. The van der Waals surface area contributed by atoms with Crippen molar-refractivity contribution >= 4 is 50.5 Å². The van der Waals surface area contributed by atoms with Crippen LogP contribution >= 0.6 is 34.7 Å². The molecule has 0 fully saturated rings. The number of fused-ring (bicyclic) bond motifs is 1. The van der Waals surface area contributed by atoms with E-state index in [1.807, 2.05) is 0 Å². The largest absolute Gasteiger partial charge is 0.493 e. The van der Waals surface area contributed by atoms with Gasteiger partial charge >= 0.3 is 0 Å². The quantitative estimate of drug-likeness (QED) is 0.189. The van der Waals surface area contributed by atoms with Gasteiger partial charge in [0.25, 0.3) is 11.2 Å². The first kappa shape index (κ1) is 23.7. The Morgan fingerprint density at radius 3 is 2.47 bits per heavy atom. The van der Waals surface area contributed by atoms with Crippen LogP contribution in [0.15, 0.2) is 39.6 Å². The monoisotopic (exact) mass is 521 g/mol. The van der Waals surface area contributed by atoms with Crippen LogP contribution in [0.2, 0.25) is 5.02 Å². The van der Waals surface area contributed by atoms with E-state index in [1.165, 1.54) is 45.2 Å². The van der Waals surface area contributed by atoms with Crippen LogP contribution in [-0.4, -0.2) is 46.2 Å². The minimum Gasteiger partial charge on any atom is -0.493 e. The van der Waals surface area contributed by atoms with Gasteiger partial charge in [-0.15, -0.1) is 16.4 Å². The minimum absolute atomic E-state index is 0.106. The molecule has 0 unspecified atom stereocenters. The highest BCUT2D eigenvalue weighted by Gasteiger charge is 2.19. The van der Waals surface area contributed by atoms with Gasteiger partial charge in [-0.3, -0.25) is 14.9 Å². The highest BCUT2D eigenvalue weighted by molar-refractivity contribution is 8.00. The SMILES string of the molecule is COc1cc(-n2cc(CSc3nc(=O)c4cc(Cl)cc([N+](=O)[O-])c4s3)nn2)cc(OC)c1OC. The Bertz CT molecular complexity index is 1430. The summed E-state index contributed by atoms with van der Waals surface area (Å²) in [6, 6.07) is 6.06. The fourth-order valence-electron chi connectivity index (χ4n) is 3.12. The van der Waals surface area contributed by atoms with E-state index in [2.05, 4.69) is 15.3 Å². The number of halogens is 1. The van der Waals surface area contributed by atoms with Crippen molar-refractivity contribution in [3.05, 3.63) is 61.6 Å². The molecular weight excluding hydrogens is 506 g/mol. The Kier molecular flexibility index (Phi) is 6.86. The summed E-state index contributed by atoms with van der Waals surface area (Å²) in [4.78, 5) is 27.3. The number of nitro benzene ring substituents is 1. The maximum Gasteiger partial charge on any atom is 0.288 e. The minimum atomic E-state index is -0.581. The van der Waals surface area contributed by atoms with Gasteiger partial charge in [-0.05, 0) is 6.07 Å². The third-order valence-electron chi connectivity index (χ3n) is 4.64. The van der Waals surface area contributed by atoms with Crippen molar-refractivity contribution in [2.75, 3.05) is 21.3 Å². The number of non-ortho nitro benzene ring substituents is 1. The maximum absolute atomic E-state index is 12.4. The van der Waals surface area contributed by atoms with Crippen LogP contribution in [0.5, 0.6) is 17.2 Å². The number of thioether (sulfide) groups is 1. The van der Waals surface area contributed by atoms with Crippen LogP contribution in [-0.2, 0) is 5.75 Å². The summed E-state index contributed by atoms with van der Waals surface area (Å²) in [5.41, 5.74) is 0.426. The van der Waals surface area contributed by atoms with Gasteiger partial charge < -0.3 is 14.2 Å². The van der Waals surface area contributed by atoms with Gasteiger partial charge in [-0.1, -0.05) is 28.6 Å². The van der Waals surface area contributed by atoms with Crippen LogP contribution < -0.4 is 19.8 Å². The molecule has 0 radical (unpaired) electrons. The third kappa shape index (κ3) is 4.62. The number of ether oxygens (including phenoxy) is 3. The van der Waals surface area contributed by atoms with Crippen LogP contribution in [0.25, 0.3) is 15.8 Å². The second kappa shape index (κ2) is 9.83. The van der Waals surface area contributed by atoms with Crippen molar-refractivity contribution in [1.82, 2.24) is 20.0 Å². The van der Waals surface area contributed by atoms with Crippen LogP contribution in [0, 0.1) is 10.1 Å². The molecule has 4 rings (SSSR count). The van der Waals surface area contributed by atoms with Gasteiger partial charge in [-0.2, -0.15) is 4.98 Å². The molecule has 2 aromatic carbocycles. The molecule has 0 bridgehead atoms. The van der Waals surface area contributed by atoms with Gasteiger partial charge in [0.1, 0.15) is 4.70 Å². The van der Waals surface area contributed by atoms with Gasteiger partial charge in [0.05, 0.1) is 49.2 Å². The van der Waals surface area contributed by atoms with Crippen LogP contribution in [0.4, 0.5) is 5.69 Å². The van der Waals surface area contributed by atoms with E-state index in [9.17, 15) is 14.9 Å². The molecule has 0 aliphatic heterocycles. The first-order valence-corrected chi connectivity index (χ1v) is 11.7. The van der Waals surface area contributed by atoms with Gasteiger partial charge in [-0.25, -0.2) is 4.68 Å². The van der Waals surface area contributed by atoms with E-state index < -0.39 is 10.5 Å². The number of nitrogens with zero attached hydrogens (tertiary/aromatic N) is 5. The number of methoxy groups -OCH3 is 3.